The van der Waals surface area contributed by atoms with Crippen LogP contribution in [0.15, 0.2) is 35.5 Å². The molecule has 0 spiro atoms. The van der Waals surface area contributed by atoms with E-state index >= 15 is 0 Å². The molecule has 1 aliphatic heterocycles. The van der Waals surface area contributed by atoms with Gasteiger partial charge in [0.05, 0.1) is 12.6 Å². The molecule has 1 aromatic heterocycles. The average molecular weight is 410 g/mol. The zero-order valence-electron chi connectivity index (χ0n) is 17.1. The molecule has 4 nitrogen and oxygen atoms in total. The van der Waals surface area contributed by atoms with Crippen LogP contribution in [0.3, 0.4) is 0 Å². The van der Waals surface area contributed by atoms with Gasteiger partial charge in [-0.3, -0.25) is 0 Å². The second kappa shape index (κ2) is 7.42. The summed E-state index contributed by atoms with van der Waals surface area (Å²) in [6.07, 6.45) is 11.1. The van der Waals surface area contributed by atoms with Gasteiger partial charge in [0.2, 0.25) is 0 Å². The highest BCUT2D eigenvalue weighted by Gasteiger charge is 2.54. The fourth-order valence-corrected chi connectivity index (χ4v) is 7.95. The topological polar surface area (TPSA) is 39.9 Å². The van der Waals surface area contributed by atoms with Crippen molar-refractivity contribution in [1.82, 2.24) is 14.8 Å². The molecule has 29 heavy (non-hydrogen) atoms. The van der Waals surface area contributed by atoms with Gasteiger partial charge in [-0.1, -0.05) is 42.1 Å². The third-order valence-corrected chi connectivity index (χ3v) is 8.89. The van der Waals surface area contributed by atoms with Gasteiger partial charge in [-0.15, -0.1) is 10.2 Å². The molecule has 1 atom stereocenters. The van der Waals surface area contributed by atoms with Gasteiger partial charge in [-0.05, 0) is 74.7 Å². The van der Waals surface area contributed by atoms with Gasteiger partial charge in [-0.25, -0.2) is 0 Å². The molecule has 4 aliphatic carbocycles. The lowest BCUT2D eigenvalue weighted by Crippen LogP contribution is -2.50. The van der Waals surface area contributed by atoms with Gasteiger partial charge in [0.25, 0.3) is 0 Å². The monoisotopic (exact) mass is 409 g/mol. The van der Waals surface area contributed by atoms with E-state index in [2.05, 4.69) is 34.9 Å². The van der Waals surface area contributed by atoms with Crippen LogP contribution in [-0.4, -0.2) is 27.5 Å². The summed E-state index contributed by atoms with van der Waals surface area (Å²) in [6.45, 7) is 1.84. The molecule has 5 heteroatoms. The Balaban J connectivity index is 1.31. The highest BCUT2D eigenvalue weighted by Crippen LogP contribution is 2.60. The Morgan fingerprint density at radius 1 is 1.00 bits per heavy atom. The smallest absolute Gasteiger partial charge is 0.191 e. The summed E-state index contributed by atoms with van der Waals surface area (Å²) in [5.74, 6) is 5.02. The highest BCUT2D eigenvalue weighted by molar-refractivity contribution is 7.98. The summed E-state index contributed by atoms with van der Waals surface area (Å²) in [5.41, 5.74) is 1.63. The van der Waals surface area contributed by atoms with Crippen LogP contribution in [0.25, 0.3) is 0 Å². The molecule has 5 fully saturated rings. The molecule has 7 rings (SSSR count). The lowest BCUT2D eigenvalue weighted by atomic mass is 9.49. The average Bonchev–Trinajstić information content (AvgIpc) is 3.37. The normalized spacial score (nSPS) is 35.4. The first-order valence-corrected chi connectivity index (χ1v) is 12.5. The Bertz CT molecular complexity index is 823. The Kier molecular flexibility index (Phi) is 4.72. The Morgan fingerprint density at radius 3 is 2.38 bits per heavy atom. The maximum Gasteiger partial charge on any atom is 0.191 e. The third-order valence-electron chi connectivity index (χ3n) is 7.85. The van der Waals surface area contributed by atoms with Crippen LogP contribution in [0, 0.1) is 17.8 Å². The summed E-state index contributed by atoms with van der Waals surface area (Å²) >= 11 is 1.84. The Labute approximate surface area is 177 Å². The maximum atomic E-state index is 6.03. The summed E-state index contributed by atoms with van der Waals surface area (Å²) in [5, 5.41) is 10.7. The van der Waals surface area contributed by atoms with E-state index in [9.17, 15) is 0 Å². The second-order valence-corrected chi connectivity index (χ2v) is 11.0. The van der Waals surface area contributed by atoms with Crippen LogP contribution in [0.4, 0.5) is 0 Å². The van der Waals surface area contributed by atoms with Crippen LogP contribution in [0.5, 0.6) is 0 Å². The quantitative estimate of drug-likeness (QED) is 0.614. The van der Waals surface area contributed by atoms with Gasteiger partial charge < -0.3 is 9.30 Å². The van der Waals surface area contributed by atoms with Gasteiger partial charge in [-0.2, -0.15) is 0 Å². The lowest BCUT2D eigenvalue weighted by Gasteiger charge is -2.56. The lowest BCUT2D eigenvalue weighted by molar-refractivity contribution is -0.0126. The van der Waals surface area contributed by atoms with Crippen molar-refractivity contribution in [2.75, 3.05) is 6.61 Å². The van der Waals surface area contributed by atoms with Crippen molar-refractivity contribution in [1.29, 1.82) is 0 Å². The first-order chi connectivity index (χ1) is 14.3. The van der Waals surface area contributed by atoms with E-state index in [0.717, 1.165) is 41.8 Å². The minimum absolute atomic E-state index is 0.284. The van der Waals surface area contributed by atoms with Crippen molar-refractivity contribution in [3.8, 4) is 0 Å². The van der Waals surface area contributed by atoms with E-state index in [4.69, 9.17) is 14.9 Å². The van der Waals surface area contributed by atoms with Crippen molar-refractivity contribution >= 4 is 11.8 Å². The number of aromatic nitrogens is 3. The number of thioether (sulfide) groups is 1. The second-order valence-electron chi connectivity index (χ2n) is 10.0. The number of benzene rings is 1. The predicted molar refractivity (Wildman–Crippen MR) is 115 cm³/mol. The minimum Gasteiger partial charge on any atom is -0.376 e. The largest absolute Gasteiger partial charge is 0.376 e. The van der Waals surface area contributed by atoms with E-state index in [1.165, 1.54) is 62.8 Å². The van der Waals surface area contributed by atoms with Gasteiger partial charge >= 0.3 is 0 Å². The Morgan fingerprint density at radius 2 is 1.72 bits per heavy atom. The summed E-state index contributed by atoms with van der Waals surface area (Å²) in [6, 6.07) is 10.7. The molecule has 5 aliphatic rings. The summed E-state index contributed by atoms with van der Waals surface area (Å²) < 4.78 is 8.52. The fourth-order valence-electron chi connectivity index (χ4n) is 7.05. The van der Waals surface area contributed by atoms with E-state index < -0.39 is 0 Å². The van der Waals surface area contributed by atoms with Crippen molar-refractivity contribution in [2.45, 2.75) is 80.3 Å². The zero-order valence-corrected chi connectivity index (χ0v) is 17.9. The van der Waals surface area contributed by atoms with Gasteiger partial charge in [0.1, 0.15) is 5.82 Å². The molecular formula is C24H31N3OS. The van der Waals surface area contributed by atoms with E-state index in [1.54, 1.807) is 0 Å². The number of nitrogens with zero attached hydrogens (tertiary/aromatic N) is 3. The first-order valence-electron chi connectivity index (χ1n) is 11.5. The number of hydrogen-bond acceptors (Lipinski definition) is 4. The maximum absolute atomic E-state index is 6.03. The highest BCUT2D eigenvalue weighted by atomic mass is 32.2. The molecule has 1 aromatic carbocycles. The van der Waals surface area contributed by atoms with Crippen LogP contribution in [0.1, 0.15) is 62.8 Å². The van der Waals surface area contributed by atoms with Crippen molar-refractivity contribution < 1.29 is 4.74 Å². The molecule has 154 valence electrons. The molecule has 2 aromatic rings. The molecule has 4 saturated carbocycles. The van der Waals surface area contributed by atoms with Crippen LogP contribution in [0.2, 0.25) is 0 Å². The zero-order chi connectivity index (χ0) is 19.3. The Hall–Kier alpha value is -1.33. The van der Waals surface area contributed by atoms with Crippen LogP contribution < -0.4 is 0 Å². The molecular weight excluding hydrogens is 378 g/mol. The molecule has 0 amide bonds. The van der Waals surface area contributed by atoms with Crippen molar-refractivity contribution in [3.63, 3.8) is 0 Å². The molecule has 2 heterocycles. The standard InChI is InChI=1S/C24H31N3OS/c1-2-5-17(6-3-1)16-29-23-26-25-22(27(23)15-21-7-4-8-28-21)24-12-18-9-19(13-24)11-20(10-18)14-24/h1-3,5-6,18-21H,4,7-16H2. The van der Waals surface area contributed by atoms with E-state index in [-0.39, 0.29) is 5.41 Å². The fraction of sp³-hybridized carbons (Fsp3) is 0.667. The predicted octanol–water partition coefficient (Wildman–Crippen LogP) is 5.22. The van der Waals surface area contributed by atoms with Crippen LogP contribution in [-0.2, 0) is 22.4 Å². The van der Waals surface area contributed by atoms with Crippen LogP contribution >= 0.6 is 11.8 Å². The van der Waals surface area contributed by atoms with Crippen molar-refractivity contribution in [2.24, 2.45) is 17.8 Å². The van der Waals surface area contributed by atoms with E-state index in [0.29, 0.717) is 6.10 Å². The minimum atomic E-state index is 0.284. The van der Waals surface area contributed by atoms with Gasteiger partial charge in [0, 0.05) is 17.8 Å². The molecule has 4 bridgehead atoms. The molecule has 0 N–H and O–H groups in total. The van der Waals surface area contributed by atoms with Crippen molar-refractivity contribution in [3.05, 3.63) is 41.7 Å². The SMILES string of the molecule is c1ccc(CSc2nnc(C34CC5CC(CC(C5)C3)C4)n2CC2CCCO2)cc1. The molecule has 1 unspecified atom stereocenters. The number of ether oxygens (including phenoxy) is 1. The number of hydrogen-bond donors (Lipinski definition) is 0. The molecule has 1 saturated heterocycles. The summed E-state index contributed by atoms with van der Waals surface area (Å²) in [7, 11) is 0. The van der Waals surface area contributed by atoms with E-state index in [1.807, 2.05) is 11.8 Å². The number of rotatable bonds is 6. The van der Waals surface area contributed by atoms with Gasteiger partial charge in [0.15, 0.2) is 5.16 Å². The molecule has 0 radical (unpaired) electrons. The third kappa shape index (κ3) is 3.44. The first kappa shape index (κ1) is 18.4. The summed E-state index contributed by atoms with van der Waals surface area (Å²) in [4.78, 5) is 0.